The number of amides is 1. The second-order valence-electron chi connectivity index (χ2n) is 7.61. The number of hydrogen-bond acceptors (Lipinski definition) is 5. The van der Waals surface area contributed by atoms with E-state index in [1.54, 1.807) is 29.2 Å². The van der Waals surface area contributed by atoms with Gasteiger partial charge >= 0.3 is 5.97 Å². The molecule has 0 N–H and O–H groups in total. The first-order valence-corrected chi connectivity index (χ1v) is 11.3. The first-order valence-electron chi connectivity index (χ1n) is 9.86. The van der Waals surface area contributed by atoms with Crippen molar-refractivity contribution in [1.82, 2.24) is 9.21 Å². The summed E-state index contributed by atoms with van der Waals surface area (Å²) >= 11 is 0. The highest BCUT2D eigenvalue weighted by Crippen LogP contribution is 2.27. The van der Waals surface area contributed by atoms with Crippen LogP contribution in [0.1, 0.15) is 37.7 Å². The standard InChI is InChI=1S/C20H28N2O5S/c1-16-6-8-18(9-7-16)28(25,26)22-12-10-21(11-13-22)19(23)15-27-20(24)14-17-4-2-3-5-17/h6-9,17H,2-5,10-15H2,1H3. The van der Waals surface area contributed by atoms with Gasteiger partial charge in [0.2, 0.25) is 10.0 Å². The van der Waals surface area contributed by atoms with Crippen molar-refractivity contribution in [3.8, 4) is 0 Å². The van der Waals surface area contributed by atoms with Gasteiger partial charge in [0.25, 0.3) is 5.91 Å². The van der Waals surface area contributed by atoms with Crippen molar-refractivity contribution in [3.05, 3.63) is 29.8 Å². The van der Waals surface area contributed by atoms with Crippen LogP contribution >= 0.6 is 0 Å². The lowest BCUT2D eigenvalue weighted by Gasteiger charge is -2.33. The fraction of sp³-hybridized carbons (Fsp3) is 0.600. The number of rotatable bonds is 6. The fourth-order valence-electron chi connectivity index (χ4n) is 3.78. The zero-order valence-corrected chi connectivity index (χ0v) is 17.1. The average Bonchev–Trinajstić information content (AvgIpc) is 3.19. The summed E-state index contributed by atoms with van der Waals surface area (Å²) in [4.78, 5) is 26.0. The summed E-state index contributed by atoms with van der Waals surface area (Å²) in [6.07, 6.45) is 4.82. The Balaban J connectivity index is 1.45. The van der Waals surface area contributed by atoms with Gasteiger partial charge in [-0.05, 0) is 37.8 Å². The van der Waals surface area contributed by atoms with Crippen molar-refractivity contribution >= 4 is 21.9 Å². The van der Waals surface area contributed by atoms with Crippen LogP contribution < -0.4 is 0 Å². The van der Waals surface area contributed by atoms with Crippen LogP contribution in [0.5, 0.6) is 0 Å². The number of carbonyl (C=O) groups excluding carboxylic acids is 2. The summed E-state index contributed by atoms with van der Waals surface area (Å²) in [5.41, 5.74) is 0.997. The number of esters is 1. The molecular weight excluding hydrogens is 380 g/mol. The summed E-state index contributed by atoms with van der Waals surface area (Å²) < 4.78 is 31.9. The summed E-state index contributed by atoms with van der Waals surface area (Å²) in [5.74, 6) is -0.203. The lowest BCUT2D eigenvalue weighted by Crippen LogP contribution is -2.51. The van der Waals surface area contributed by atoms with E-state index in [1.165, 1.54) is 4.31 Å². The second kappa shape index (κ2) is 9.05. The molecule has 0 spiro atoms. The minimum atomic E-state index is -3.56. The molecule has 1 aromatic carbocycles. The van der Waals surface area contributed by atoms with E-state index in [-0.39, 0.29) is 36.5 Å². The van der Waals surface area contributed by atoms with E-state index in [9.17, 15) is 18.0 Å². The smallest absolute Gasteiger partial charge is 0.306 e. The molecule has 1 aliphatic heterocycles. The Hall–Kier alpha value is -1.93. The Morgan fingerprint density at radius 3 is 2.25 bits per heavy atom. The second-order valence-corrected chi connectivity index (χ2v) is 9.55. The lowest BCUT2D eigenvalue weighted by atomic mass is 10.0. The molecule has 3 rings (SSSR count). The van der Waals surface area contributed by atoms with Gasteiger partial charge in [-0.1, -0.05) is 30.5 Å². The van der Waals surface area contributed by atoms with Crippen LogP contribution in [-0.2, 0) is 24.3 Å². The molecule has 0 unspecified atom stereocenters. The van der Waals surface area contributed by atoms with Crippen LogP contribution in [-0.4, -0.2) is 62.3 Å². The summed E-state index contributed by atoms with van der Waals surface area (Å²) in [5, 5.41) is 0. The molecule has 154 valence electrons. The Kier molecular flexibility index (Phi) is 6.72. The number of hydrogen-bond donors (Lipinski definition) is 0. The maximum Gasteiger partial charge on any atom is 0.306 e. The Morgan fingerprint density at radius 2 is 1.64 bits per heavy atom. The molecule has 0 radical (unpaired) electrons. The molecule has 0 atom stereocenters. The molecule has 7 nitrogen and oxygen atoms in total. The average molecular weight is 409 g/mol. The summed E-state index contributed by atoms with van der Waals surface area (Å²) in [6, 6.07) is 6.75. The minimum absolute atomic E-state index is 0.234. The topological polar surface area (TPSA) is 84.0 Å². The zero-order valence-electron chi connectivity index (χ0n) is 16.3. The SMILES string of the molecule is Cc1ccc(S(=O)(=O)N2CCN(C(=O)COC(=O)CC3CCCC3)CC2)cc1. The first-order chi connectivity index (χ1) is 13.4. The third kappa shape index (κ3) is 5.11. The third-order valence-corrected chi connectivity index (χ3v) is 7.45. The molecule has 1 saturated heterocycles. The van der Waals surface area contributed by atoms with Crippen molar-refractivity contribution < 1.29 is 22.7 Å². The van der Waals surface area contributed by atoms with Crippen molar-refractivity contribution in [2.75, 3.05) is 32.8 Å². The number of piperazine rings is 1. The molecule has 1 aromatic rings. The molecule has 0 aromatic heterocycles. The molecule has 1 heterocycles. The maximum atomic E-state index is 12.7. The summed E-state index contributed by atoms with van der Waals surface area (Å²) in [6.45, 7) is 2.70. The number of carbonyl (C=O) groups is 2. The predicted octanol–water partition coefficient (Wildman–Crippen LogP) is 1.95. The Morgan fingerprint density at radius 1 is 1.04 bits per heavy atom. The van der Waals surface area contributed by atoms with Gasteiger partial charge in [-0.25, -0.2) is 8.42 Å². The highest BCUT2D eigenvalue weighted by atomic mass is 32.2. The molecule has 28 heavy (non-hydrogen) atoms. The first kappa shape index (κ1) is 20.8. The predicted molar refractivity (Wildman–Crippen MR) is 104 cm³/mol. The van der Waals surface area contributed by atoms with Gasteiger partial charge in [-0.3, -0.25) is 9.59 Å². The fourth-order valence-corrected chi connectivity index (χ4v) is 5.20. The van der Waals surface area contributed by atoms with Gasteiger partial charge in [0, 0.05) is 32.6 Å². The van der Waals surface area contributed by atoms with Crippen LogP contribution in [0.2, 0.25) is 0 Å². The zero-order chi connectivity index (χ0) is 20.1. The van der Waals surface area contributed by atoms with Gasteiger partial charge < -0.3 is 9.64 Å². The molecule has 1 amide bonds. The van der Waals surface area contributed by atoms with E-state index in [0.717, 1.165) is 31.2 Å². The van der Waals surface area contributed by atoms with E-state index < -0.39 is 10.0 Å². The van der Waals surface area contributed by atoms with Gasteiger partial charge in [0.1, 0.15) is 0 Å². The van der Waals surface area contributed by atoms with Gasteiger partial charge in [0.15, 0.2) is 6.61 Å². The number of aryl methyl sites for hydroxylation is 1. The highest BCUT2D eigenvalue weighted by molar-refractivity contribution is 7.89. The quantitative estimate of drug-likeness (QED) is 0.672. The number of ether oxygens (including phenoxy) is 1. The largest absolute Gasteiger partial charge is 0.456 e. The van der Waals surface area contributed by atoms with Crippen LogP contribution in [0.3, 0.4) is 0 Å². The molecule has 0 bridgehead atoms. The van der Waals surface area contributed by atoms with Gasteiger partial charge in [0.05, 0.1) is 4.90 Å². The monoisotopic (exact) mass is 408 g/mol. The van der Waals surface area contributed by atoms with Crippen molar-refractivity contribution in [3.63, 3.8) is 0 Å². The number of benzene rings is 1. The lowest BCUT2D eigenvalue weighted by molar-refractivity contribution is -0.153. The van der Waals surface area contributed by atoms with Crippen molar-refractivity contribution in [2.45, 2.75) is 43.9 Å². The minimum Gasteiger partial charge on any atom is -0.456 e. The Bertz CT molecular complexity index is 792. The molecule has 1 saturated carbocycles. The van der Waals surface area contributed by atoms with Crippen LogP contribution in [0.4, 0.5) is 0 Å². The Labute approximate surface area is 166 Å². The van der Waals surface area contributed by atoms with Crippen LogP contribution in [0.15, 0.2) is 29.2 Å². The molecule has 1 aliphatic carbocycles. The normalized spacial score (nSPS) is 19.0. The van der Waals surface area contributed by atoms with Gasteiger partial charge in [-0.15, -0.1) is 0 Å². The van der Waals surface area contributed by atoms with Crippen LogP contribution in [0.25, 0.3) is 0 Å². The molecule has 2 fully saturated rings. The van der Waals surface area contributed by atoms with Crippen molar-refractivity contribution in [2.24, 2.45) is 5.92 Å². The summed E-state index contributed by atoms with van der Waals surface area (Å²) in [7, 11) is -3.56. The van der Waals surface area contributed by atoms with E-state index in [2.05, 4.69) is 0 Å². The molecule has 2 aliphatic rings. The van der Waals surface area contributed by atoms with Crippen LogP contribution in [0, 0.1) is 12.8 Å². The third-order valence-electron chi connectivity index (χ3n) is 5.54. The van der Waals surface area contributed by atoms with Crippen molar-refractivity contribution in [1.29, 1.82) is 0 Å². The number of sulfonamides is 1. The van der Waals surface area contributed by atoms with E-state index in [4.69, 9.17) is 4.74 Å². The highest BCUT2D eigenvalue weighted by Gasteiger charge is 2.30. The van der Waals surface area contributed by atoms with Gasteiger partial charge in [-0.2, -0.15) is 4.31 Å². The molecule has 8 heteroatoms. The van der Waals surface area contributed by atoms with E-state index in [0.29, 0.717) is 25.4 Å². The maximum absolute atomic E-state index is 12.7. The van der Waals surface area contributed by atoms with E-state index >= 15 is 0 Å². The molecular formula is C20H28N2O5S. The van der Waals surface area contributed by atoms with E-state index in [1.807, 2.05) is 6.92 Å². The number of nitrogens with zero attached hydrogens (tertiary/aromatic N) is 2.